The van der Waals surface area contributed by atoms with Crippen LogP contribution < -0.4 is 9.64 Å². The normalized spacial score (nSPS) is 17.2. The second-order valence-corrected chi connectivity index (χ2v) is 8.82. The molecule has 6 nitrogen and oxygen atoms in total. The summed E-state index contributed by atoms with van der Waals surface area (Å²) >= 11 is 1.10. The molecule has 1 N–H and O–H groups in total. The van der Waals surface area contributed by atoms with Gasteiger partial charge in [-0.1, -0.05) is 66.5 Å². The number of fused-ring (bicyclic) bond motifs is 1. The average molecular weight is 487 g/mol. The predicted molar refractivity (Wildman–Crippen MR) is 133 cm³/mol. The highest BCUT2D eigenvalue weighted by Crippen LogP contribution is 2.44. The lowest BCUT2D eigenvalue weighted by Crippen LogP contribution is -2.29. The number of nitrogens with zero attached hydrogens (tertiary/aromatic N) is 2. The van der Waals surface area contributed by atoms with Crippen LogP contribution in [0.2, 0.25) is 0 Å². The Morgan fingerprint density at radius 2 is 1.86 bits per heavy atom. The van der Waals surface area contributed by atoms with Crippen molar-refractivity contribution in [2.45, 2.75) is 6.04 Å². The number of hydrogen-bond acceptors (Lipinski definition) is 6. The molecule has 1 atom stereocenters. The van der Waals surface area contributed by atoms with E-state index in [0.717, 1.165) is 11.3 Å². The minimum atomic E-state index is -0.936. The Bertz CT molecular complexity index is 1480. The van der Waals surface area contributed by atoms with Gasteiger partial charge in [0.25, 0.3) is 5.78 Å². The summed E-state index contributed by atoms with van der Waals surface area (Å²) in [5.74, 6) is -1.77. The van der Waals surface area contributed by atoms with E-state index in [1.165, 1.54) is 23.1 Å². The second kappa shape index (κ2) is 9.15. The summed E-state index contributed by atoms with van der Waals surface area (Å²) in [5, 5.41) is 11.4. The van der Waals surface area contributed by atoms with Crippen molar-refractivity contribution in [1.29, 1.82) is 0 Å². The number of amides is 1. The fourth-order valence-electron chi connectivity index (χ4n) is 3.99. The highest BCUT2D eigenvalue weighted by Gasteiger charge is 2.48. The number of Topliss-reactive ketones (excluding diaryl/α,β-unsaturated/α-hetero) is 1. The van der Waals surface area contributed by atoms with Gasteiger partial charge >= 0.3 is 5.91 Å². The molecule has 2 heterocycles. The molecule has 1 unspecified atom stereocenters. The summed E-state index contributed by atoms with van der Waals surface area (Å²) in [6.07, 6.45) is 1.62. The van der Waals surface area contributed by atoms with Gasteiger partial charge in [0.2, 0.25) is 0 Å². The Morgan fingerprint density at radius 1 is 1.11 bits per heavy atom. The predicted octanol–water partition coefficient (Wildman–Crippen LogP) is 5.63. The molecule has 0 bridgehead atoms. The van der Waals surface area contributed by atoms with Crippen molar-refractivity contribution in [3.63, 3.8) is 0 Å². The molecule has 0 aliphatic carbocycles. The van der Waals surface area contributed by atoms with Crippen LogP contribution in [0.1, 0.15) is 17.2 Å². The number of halogens is 1. The third-order valence-electron chi connectivity index (χ3n) is 5.60. The smallest absolute Gasteiger partial charge is 0.301 e. The number of carbonyl (C=O) groups is 2. The van der Waals surface area contributed by atoms with Gasteiger partial charge in [0.05, 0.1) is 21.8 Å². The number of carbonyl (C=O) groups excluding carboxylic acids is 2. The molecular weight excluding hydrogens is 467 g/mol. The van der Waals surface area contributed by atoms with Crippen molar-refractivity contribution in [2.75, 3.05) is 11.5 Å². The lowest BCUT2D eigenvalue weighted by atomic mass is 9.95. The van der Waals surface area contributed by atoms with Crippen molar-refractivity contribution >= 4 is 44.1 Å². The number of aromatic nitrogens is 1. The van der Waals surface area contributed by atoms with Crippen molar-refractivity contribution in [3.8, 4) is 5.75 Å². The van der Waals surface area contributed by atoms with Gasteiger partial charge in [-0.25, -0.2) is 9.37 Å². The number of thiazole rings is 1. The molecule has 1 saturated heterocycles. The lowest BCUT2D eigenvalue weighted by molar-refractivity contribution is -0.132. The molecule has 174 valence electrons. The van der Waals surface area contributed by atoms with Crippen LogP contribution in [0.25, 0.3) is 16.0 Å². The van der Waals surface area contributed by atoms with Gasteiger partial charge < -0.3 is 9.84 Å². The number of ketones is 1. The van der Waals surface area contributed by atoms with Crippen LogP contribution in [-0.2, 0) is 9.59 Å². The maximum absolute atomic E-state index is 13.8. The molecule has 0 spiro atoms. The topological polar surface area (TPSA) is 79.7 Å². The van der Waals surface area contributed by atoms with Crippen LogP contribution in [0.15, 0.2) is 91.0 Å². The molecule has 1 amide bonds. The Morgan fingerprint density at radius 3 is 2.57 bits per heavy atom. The van der Waals surface area contributed by atoms with E-state index >= 15 is 0 Å². The first-order valence-electron chi connectivity index (χ1n) is 10.7. The first kappa shape index (κ1) is 22.5. The first-order valence-corrected chi connectivity index (χ1v) is 11.6. The summed E-state index contributed by atoms with van der Waals surface area (Å²) in [5.41, 5.74) is 1.44. The standard InChI is InChI=1S/C27H19FN2O4S/c1-2-14-34-19-11-8-16(9-12-19)23-22(24(31)17-6-4-3-5-7-17)25(32)26(33)30(23)27-29-20-13-10-18(28)15-21(20)35-27/h2-13,15,23,31H,1,14H2. The quantitative estimate of drug-likeness (QED) is 0.165. The number of rotatable bonds is 6. The molecule has 1 fully saturated rings. The Hall–Kier alpha value is -4.30. The van der Waals surface area contributed by atoms with Crippen molar-refractivity contribution in [3.05, 3.63) is 108 Å². The van der Waals surface area contributed by atoms with E-state index in [1.54, 1.807) is 60.7 Å². The number of hydrogen-bond donors (Lipinski definition) is 1. The van der Waals surface area contributed by atoms with Crippen molar-refractivity contribution in [1.82, 2.24) is 4.98 Å². The Labute approximate surface area is 204 Å². The second-order valence-electron chi connectivity index (χ2n) is 7.81. The molecule has 35 heavy (non-hydrogen) atoms. The maximum Gasteiger partial charge on any atom is 0.301 e. The van der Waals surface area contributed by atoms with E-state index in [0.29, 0.717) is 33.7 Å². The number of aliphatic hydroxyl groups is 1. The third kappa shape index (κ3) is 4.08. The number of anilines is 1. The van der Waals surface area contributed by atoms with Crippen molar-refractivity contribution < 1.29 is 23.8 Å². The van der Waals surface area contributed by atoms with Gasteiger partial charge in [0.1, 0.15) is 23.9 Å². The molecule has 5 rings (SSSR count). The molecule has 3 aromatic carbocycles. The summed E-state index contributed by atoms with van der Waals surface area (Å²) in [7, 11) is 0. The van der Waals surface area contributed by atoms with E-state index in [-0.39, 0.29) is 16.5 Å². The van der Waals surface area contributed by atoms with Crippen LogP contribution in [0.5, 0.6) is 5.75 Å². The molecule has 4 aromatic rings. The van der Waals surface area contributed by atoms with Gasteiger partial charge in [0, 0.05) is 5.56 Å². The molecule has 1 aromatic heterocycles. The SMILES string of the molecule is C=CCOc1ccc(C2C(=C(O)c3ccccc3)C(=O)C(=O)N2c2nc3ccc(F)cc3s2)cc1. The fraction of sp³-hybridized carbons (Fsp3) is 0.0741. The molecule has 0 saturated carbocycles. The van der Waals surface area contributed by atoms with Gasteiger partial charge in [-0.15, -0.1) is 0 Å². The Kier molecular flexibility index (Phi) is 5.88. The zero-order valence-corrected chi connectivity index (χ0v) is 19.2. The van der Waals surface area contributed by atoms with Crippen molar-refractivity contribution in [2.24, 2.45) is 0 Å². The highest BCUT2D eigenvalue weighted by molar-refractivity contribution is 7.22. The van der Waals surface area contributed by atoms with Crippen LogP contribution in [0, 0.1) is 5.82 Å². The van der Waals surface area contributed by atoms with Crippen LogP contribution in [-0.4, -0.2) is 28.4 Å². The minimum Gasteiger partial charge on any atom is -0.507 e. The van der Waals surface area contributed by atoms with Crippen LogP contribution in [0.3, 0.4) is 0 Å². The molecule has 0 radical (unpaired) electrons. The molecular formula is C27H19FN2O4S. The summed E-state index contributed by atoms with van der Waals surface area (Å²) < 4.78 is 19.9. The van der Waals surface area contributed by atoms with E-state index in [4.69, 9.17) is 4.74 Å². The summed E-state index contributed by atoms with van der Waals surface area (Å²) in [6, 6.07) is 18.7. The number of ether oxygens (including phenoxy) is 1. The number of aliphatic hydroxyl groups excluding tert-OH is 1. The highest BCUT2D eigenvalue weighted by atomic mass is 32.1. The van der Waals surface area contributed by atoms with E-state index < -0.39 is 23.5 Å². The molecule has 1 aliphatic heterocycles. The average Bonchev–Trinajstić information content (AvgIpc) is 3.40. The van der Waals surface area contributed by atoms with Crippen LogP contribution in [0.4, 0.5) is 9.52 Å². The van der Waals surface area contributed by atoms with Gasteiger partial charge in [-0.3, -0.25) is 14.5 Å². The number of benzene rings is 3. The lowest BCUT2D eigenvalue weighted by Gasteiger charge is -2.23. The zero-order valence-electron chi connectivity index (χ0n) is 18.3. The van der Waals surface area contributed by atoms with Gasteiger partial charge in [0.15, 0.2) is 5.13 Å². The zero-order chi connectivity index (χ0) is 24.5. The summed E-state index contributed by atoms with van der Waals surface area (Å²) in [4.78, 5) is 32.3. The molecule has 8 heteroatoms. The largest absolute Gasteiger partial charge is 0.507 e. The van der Waals surface area contributed by atoms with Crippen LogP contribution >= 0.6 is 11.3 Å². The summed E-state index contributed by atoms with van der Waals surface area (Å²) in [6.45, 7) is 3.96. The van der Waals surface area contributed by atoms with Gasteiger partial charge in [-0.05, 0) is 35.9 Å². The maximum atomic E-state index is 13.8. The fourth-order valence-corrected chi connectivity index (χ4v) is 5.00. The monoisotopic (exact) mass is 486 g/mol. The van der Waals surface area contributed by atoms with E-state index in [1.807, 2.05) is 0 Å². The van der Waals surface area contributed by atoms with E-state index in [2.05, 4.69) is 11.6 Å². The van der Waals surface area contributed by atoms with Gasteiger partial charge in [-0.2, -0.15) is 0 Å². The first-order chi connectivity index (χ1) is 17.0. The minimum absolute atomic E-state index is 0.0496. The Balaban J connectivity index is 1.68. The molecule has 1 aliphatic rings. The third-order valence-corrected chi connectivity index (χ3v) is 6.62. The van der Waals surface area contributed by atoms with E-state index in [9.17, 15) is 19.1 Å².